The zero-order valence-electron chi connectivity index (χ0n) is 38.1. The topological polar surface area (TPSA) is 73.8 Å². The van der Waals surface area contributed by atoms with Gasteiger partial charge in [0.15, 0.2) is 0 Å². The fourth-order valence-electron chi connectivity index (χ4n) is 4.10. The number of methoxy groups -OCH3 is 6. The molecule has 0 bridgehead atoms. The van der Waals surface area contributed by atoms with Crippen LogP contribution in [0, 0.1) is 16.2 Å². The third-order valence-electron chi connectivity index (χ3n) is 6.82. The molecule has 0 aromatic rings. The third-order valence-corrected chi connectivity index (χ3v) is 6.82. The fraction of sp³-hybridized carbons (Fsp3) is 1.00. The van der Waals surface area contributed by atoms with Gasteiger partial charge in [0, 0.05) is 73.3 Å². The van der Waals surface area contributed by atoms with Crippen LogP contribution in [0.25, 0.3) is 0 Å². The van der Waals surface area contributed by atoms with Crippen LogP contribution in [0.5, 0.6) is 0 Å². The maximum absolute atomic E-state index is 11.8. The SMILES string of the molecule is C.C.CC.CC.CCC(C)(COC)COCC(F)(F)F.CCCC(C)(C)COC.CCCCCOC.CCCCOC.CCOCC(C)(COC)COC. The summed E-state index contributed by atoms with van der Waals surface area (Å²) in [4.78, 5) is 0. The van der Waals surface area contributed by atoms with Crippen LogP contribution in [0.2, 0.25) is 0 Å². The smallest absolute Gasteiger partial charge is 0.385 e. The van der Waals surface area contributed by atoms with Crippen LogP contribution in [0.15, 0.2) is 0 Å². The van der Waals surface area contributed by atoms with Crippen molar-refractivity contribution < 1.29 is 51.1 Å². The van der Waals surface area contributed by atoms with Gasteiger partial charge in [-0.05, 0) is 38.0 Å². The van der Waals surface area contributed by atoms with Crippen molar-refractivity contribution in [2.45, 2.75) is 162 Å². The average molecular weight is 803 g/mol. The van der Waals surface area contributed by atoms with E-state index < -0.39 is 12.8 Å². The van der Waals surface area contributed by atoms with E-state index in [4.69, 9.17) is 33.2 Å². The Bertz CT molecular complexity index is 576. The summed E-state index contributed by atoms with van der Waals surface area (Å²) in [6.07, 6.45) is 5.19. The van der Waals surface area contributed by atoms with Gasteiger partial charge in [-0.25, -0.2) is 0 Å². The van der Waals surface area contributed by atoms with Gasteiger partial charge in [-0.2, -0.15) is 13.2 Å². The average Bonchev–Trinajstić information content (AvgIpc) is 3.09. The van der Waals surface area contributed by atoms with Crippen LogP contribution < -0.4 is 0 Å². The molecule has 0 radical (unpaired) electrons. The fourth-order valence-corrected chi connectivity index (χ4v) is 4.10. The van der Waals surface area contributed by atoms with E-state index in [1.165, 1.54) is 52.1 Å². The van der Waals surface area contributed by atoms with E-state index in [2.05, 4.69) is 46.3 Å². The highest BCUT2D eigenvalue weighted by Crippen LogP contribution is 2.24. The van der Waals surface area contributed by atoms with Gasteiger partial charge in [-0.15, -0.1) is 0 Å². The molecule has 0 aromatic carbocycles. The van der Waals surface area contributed by atoms with Crippen molar-refractivity contribution in [1.29, 1.82) is 0 Å². The van der Waals surface area contributed by atoms with E-state index in [1.54, 1.807) is 35.5 Å². The predicted molar refractivity (Wildman–Crippen MR) is 230 cm³/mol. The standard InChI is InChI=1S/C9H17F3O2.C9H20O3.C8H18O.C6H14O.C5H12O.2C2H6.2CH4/c1-4-8(2,5-13-3)6-14-7-9(10,11)12;1-5-12-8-9(2,6-10-3)7-11-4;1-5-6-8(2,3)7-9-4;1-3-4-5-6-7-2;1-3-4-5-6-2;2*1-2;;/h4-7H2,1-3H3;5-8H2,1-4H3;5-7H2,1-4H3;3-6H2,1-2H3;3-5H2,1-2H3;2*1-2H3;2*1H4. The number of ether oxygens (including phenoxy) is 8. The van der Waals surface area contributed by atoms with Gasteiger partial charge in [-0.1, -0.05) is 124 Å². The van der Waals surface area contributed by atoms with Gasteiger partial charge in [0.2, 0.25) is 0 Å². The first-order chi connectivity index (χ1) is 24.5. The Kier molecular flexibility index (Phi) is 78.3. The number of hydrogen-bond donors (Lipinski definition) is 0. The Morgan fingerprint density at radius 3 is 1.11 bits per heavy atom. The van der Waals surface area contributed by atoms with E-state index in [0.717, 1.165) is 32.8 Å². The van der Waals surface area contributed by atoms with Gasteiger partial charge in [0.25, 0.3) is 0 Å². The lowest BCUT2D eigenvalue weighted by atomic mass is 9.89. The molecule has 0 aliphatic heterocycles. The molecule has 0 saturated carbocycles. The molecule has 0 N–H and O–H groups in total. The van der Waals surface area contributed by atoms with Gasteiger partial charge in [0.1, 0.15) is 6.61 Å². The lowest BCUT2D eigenvalue weighted by Gasteiger charge is -2.27. The van der Waals surface area contributed by atoms with Gasteiger partial charge in [-0.3, -0.25) is 0 Å². The minimum Gasteiger partial charge on any atom is -0.385 e. The first-order valence-electron chi connectivity index (χ1n) is 19.6. The predicted octanol–water partition coefficient (Wildman–Crippen LogP) is 13.0. The van der Waals surface area contributed by atoms with Crippen molar-refractivity contribution in [3.63, 3.8) is 0 Å². The molecule has 0 fully saturated rings. The van der Waals surface area contributed by atoms with Crippen molar-refractivity contribution in [2.75, 3.05) is 109 Å². The summed E-state index contributed by atoms with van der Waals surface area (Å²) in [7, 11) is 10.2. The van der Waals surface area contributed by atoms with E-state index >= 15 is 0 Å². The second-order valence-corrected chi connectivity index (χ2v) is 13.4. The molecule has 0 amide bonds. The lowest BCUT2D eigenvalue weighted by Crippen LogP contribution is -2.33. The van der Waals surface area contributed by atoms with Gasteiger partial charge >= 0.3 is 6.18 Å². The van der Waals surface area contributed by atoms with Crippen molar-refractivity contribution in [1.82, 2.24) is 0 Å². The maximum Gasteiger partial charge on any atom is 0.411 e. The summed E-state index contributed by atoms with van der Waals surface area (Å²) in [6, 6.07) is 0. The number of hydrogen-bond acceptors (Lipinski definition) is 8. The summed E-state index contributed by atoms with van der Waals surface area (Å²) in [5.74, 6) is 0. The summed E-state index contributed by atoms with van der Waals surface area (Å²) in [5.41, 5.74) is 0.0308. The number of rotatable bonds is 24. The molecule has 0 rings (SSSR count). The molecule has 0 saturated heterocycles. The molecule has 1 unspecified atom stereocenters. The highest BCUT2D eigenvalue weighted by Gasteiger charge is 2.30. The monoisotopic (exact) mass is 803 g/mol. The highest BCUT2D eigenvalue weighted by atomic mass is 19.4. The molecule has 0 aliphatic carbocycles. The van der Waals surface area contributed by atoms with Crippen LogP contribution in [0.1, 0.15) is 156 Å². The van der Waals surface area contributed by atoms with Crippen LogP contribution in [0.4, 0.5) is 13.2 Å². The van der Waals surface area contributed by atoms with Crippen LogP contribution in [0.3, 0.4) is 0 Å². The van der Waals surface area contributed by atoms with E-state index in [9.17, 15) is 13.2 Å². The Hall–Kier alpha value is -0.530. The summed E-state index contributed by atoms with van der Waals surface area (Å²) >= 11 is 0. The van der Waals surface area contributed by atoms with Crippen LogP contribution in [-0.2, 0) is 37.9 Å². The van der Waals surface area contributed by atoms with E-state index in [0.29, 0.717) is 31.8 Å². The quantitative estimate of drug-likeness (QED) is 0.0894. The Morgan fingerprint density at radius 2 is 0.815 bits per heavy atom. The zero-order valence-corrected chi connectivity index (χ0v) is 38.1. The van der Waals surface area contributed by atoms with Gasteiger partial charge < -0.3 is 37.9 Å². The normalized spacial score (nSPS) is 11.4. The maximum atomic E-state index is 11.8. The molecule has 0 spiro atoms. The Balaban J connectivity index is -0.0000000665. The van der Waals surface area contributed by atoms with Gasteiger partial charge in [0.05, 0.1) is 39.6 Å². The molecular weight excluding hydrogens is 701 g/mol. The van der Waals surface area contributed by atoms with Crippen molar-refractivity contribution >= 4 is 0 Å². The molecule has 8 nitrogen and oxygen atoms in total. The minimum absolute atomic E-state index is 0. The first-order valence-corrected chi connectivity index (χ1v) is 19.6. The van der Waals surface area contributed by atoms with Crippen molar-refractivity contribution in [3.8, 4) is 0 Å². The summed E-state index contributed by atoms with van der Waals surface area (Å²) < 4.78 is 75.0. The second-order valence-electron chi connectivity index (χ2n) is 13.4. The Labute approximate surface area is 338 Å². The summed E-state index contributed by atoms with van der Waals surface area (Å²) in [5, 5.41) is 0. The molecule has 0 aliphatic rings. The summed E-state index contributed by atoms with van der Waals surface area (Å²) in [6.45, 7) is 31.6. The molecule has 54 heavy (non-hydrogen) atoms. The molecule has 0 heterocycles. The largest absolute Gasteiger partial charge is 0.411 e. The second kappa shape index (κ2) is 56.8. The first kappa shape index (κ1) is 74.4. The van der Waals surface area contributed by atoms with E-state index in [1.807, 2.05) is 48.5 Å². The van der Waals surface area contributed by atoms with Crippen LogP contribution >= 0.6 is 0 Å². The zero-order chi connectivity index (χ0) is 42.4. The molecule has 11 heteroatoms. The highest BCUT2D eigenvalue weighted by molar-refractivity contribution is 4.73. The van der Waals surface area contributed by atoms with E-state index in [-0.39, 0.29) is 32.3 Å². The van der Waals surface area contributed by atoms with Crippen molar-refractivity contribution in [3.05, 3.63) is 0 Å². The third kappa shape index (κ3) is 72.7. The molecule has 0 aromatic heterocycles. The van der Waals surface area contributed by atoms with Crippen molar-refractivity contribution in [2.24, 2.45) is 16.2 Å². The number of halogens is 3. The lowest BCUT2D eigenvalue weighted by molar-refractivity contribution is -0.182. The minimum atomic E-state index is -4.25. The number of alkyl halides is 3. The van der Waals surface area contributed by atoms with Crippen LogP contribution in [-0.4, -0.2) is 115 Å². The molecule has 1 atom stereocenters. The molecule has 342 valence electrons. The number of unbranched alkanes of at least 4 members (excludes halogenated alkanes) is 3. The Morgan fingerprint density at radius 1 is 0.426 bits per heavy atom. The molecular formula is C43H101F3O8.